The maximum absolute atomic E-state index is 12.7. The summed E-state index contributed by atoms with van der Waals surface area (Å²) in [6.45, 7) is 0. The second-order valence-corrected chi connectivity index (χ2v) is 2.97. The van der Waals surface area contributed by atoms with Crippen LogP contribution in [0.25, 0.3) is 0 Å². The molecule has 0 aromatic rings. The summed E-state index contributed by atoms with van der Waals surface area (Å²) in [4.78, 5) is 0. The highest BCUT2D eigenvalue weighted by atomic mass is 19.4. The molecule has 0 aromatic carbocycles. The Balaban J connectivity index is 5.33. The summed E-state index contributed by atoms with van der Waals surface area (Å²) < 4.78 is 105. The van der Waals surface area contributed by atoms with Crippen molar-refractivity contribution in [1.29, 1.82) is 0 Å². The Labute approximate surface area is 90.5 Å². The van der Waals surface area contributed by atoms with E-state index >= 15 is 0 Å². The molecule has 17 heavy (non-hydrogen) atoms. The Morgan fingerprint density at radius 1 is 0.706 bits per heavy atom. The van der Waals surface area contributed by atoms with Crippen LogP contribution in [0.3, 0.4) is 0 Å². The van der Waals surface area contributed by atoms with E-state index in [2.05, 4.69) is 9.47 Å². The molecule has 0 spiro atoms. The molecule has 0 aromatic heterocycles. The van der Waals surface area contributed by atoms with Crippen LogP contribution >= 0.6 is 0 Å². The smallest absolute Gasteiger partial charge is 0.372 e. The number of hydrogen-bond donors (Lipinski definition) is 0. The lowest BCUT2D eigenvalue weighted by Gasteiger charge is -2.33. The molecule has 0 heterocycles. The molecule has 0 aliphatic carbocycles. The maximum atomic E-state index is 12.7. The third-order valence-electron chi connectivity index (χ3n) is 1.84. The van der Waals surface area contributed by atoms with E-state index in [0.29, 0.717) is 14.2 Å². The zero-order chi connectivity index (χ0) is 14.1. The molecule has 2 nitrogen and oxygen atoms in total. The zero-order valence-corrected chi connectivity index (χ0v) is 8.49. The van der Waals surface area contributed by atoms with Crippen LogP contribution in [0.5, 0.6) is 0 Å². The molecular formula is C7H8F8O2. The van der Waals surface area contributed by atoms with Crippen molar-refractivity contribution in [2.75, 3.05) is 14.2 Å². The van der Waals surface area contributed by atoms with Crippen LogP contribution < -0.4 is 0 Å². The SMILES string of the molecule is COC(C(OC)C(F)(F)C(F)(F)F)C(F)(F)F. The van der Waals surface area contributed by atoms with Gasteiger partial charge in [0, 0.05) is 14.2 Å². The van der Waals surface area contributed by atoms with Gasteiger partial charge in [0.05, 0.1) is 0 Å². The Bertz CT molecular complexity index is 245. The van der Waals surface area contributed by atoms with Gasteiger partial charge in [0.2, 0.25) is 0 Å². The molecule has 0 rings (SSSR count). The summed E-state index contributed by atoms with van der Waals surface area (Å²) in [5.74, 6) is -5.68. The van der Waals surface area contributed by atoms with E-state index in [1.165, 1.54) is 0 Å². The lowest BCUT2D eigenvalue weighted by Crippen LogP contribution is -2.57. The third kappa shape index (κ3) is 3.41. The number of hydrogen-bond acceptors (Lipinski definition) is 2. The highest BCUT2D eigenvalue weighted by Crippen LogP contribution is 2.43. The summed E-state index contributed by atoms with van der Waals surface area (Å²) in [7, 11) is 0.665. The highest BCUT2D eigenvalue weighted by Gasteiger charge is 2.68. The van der Waals surface area contributed by atoms with E-state index in [1.54, 1.807) is 0 Å². The number of ether oxygens (including phenoxy) is 2. The predicted molar refractivity (Wildman–Crippen MR) is 38.7 cm³/mol. The first kappa shape index (κ1) is 16.4. The van der Waals surface area contributed by atoms with Gasteiger partial charge in [-0.1, -0.05) is 0 Å². The summed E-state index contributed by atoms with van der Waals surface area (Å²) >= 11 is 0. The minimum Gasteiger partial charge on any atom is -0.372 e. The van der Waals surface area contributed by atoms with Gasteiger partial charge >= 0.3 is 18.3 Å². The minimum atomic E-state index is -6.17. The van der Waals surface area contributed by atoms with E-state index in [4.69, 9.17) is 0 Å². The first-order chi connectivity index (χ1) is 7.39. The molecule has 0 aliphatic rings. The Kier molecular flexibility index (Phi) is 4.74. The van der Waals surface area contributed by atoms with Crippen molar-refractivity contribution in [3.63, 3.8) is 0 Å². The second-order valence-electron chi connectivity index (χ2n) is 2.97. The third-order valence-corrected chi connectivity index (χ3v) is 1.84. The van der Waals surface area contributed by atoms with E-state index in [1.807, 2.05) is 0 Å². The first-order valence-corrected chi connectivity index (χ1v) is 3.96. The largest absolute Gasteiger partial charge is 0.456 e. The summed E-state index contributed by atoms with van der Waals surface area (Å²) in [6, 6.07) is 0. The molecular weight excluding hydrogens is 268 g/mol. The van der Waals surface area contributed by atoms with E-state index in [9.17, 15) is 35.1 Å². The van der Waals surface area contributed by atoms with Crippen molar-refractivity contribution < 1.29 is 44.6 Å². The average Bonchev–Trinajstić information content (AvgIpc) is 2.09. The summed E-state index contributed by atoms with van der Waals surface area (Å²) in [5.41, 5.74) is 0. The fourth-order valence-corrected chi connectivity index (χ4v) is 1.05. The lowest BCUT2D eigenvalue weighted by molar-refractivity contribution is -0.350. The molecule has 2 unspecified atom stereocenters. The van der Waals surface area contributed by atoms with Crippen molar-refractivity contribution in [1.82, 2.24) is 0 Å². The van der Waals surface area contributed by atoms with E-state index in [0.717, 1.165) is 0 Å². The fraction of sp³-hybridized carbons (Fsp3) is 1.00. The number of rotatable bonds is 4. The van der Waals surface area contributed by atoms with E-state index < -0.39 is 30.5 Å². The van der Waals surface area contributed by atoms with Gasteiger partial charge in [-0.2, -0.15) is 35.1 Å². The van der Waals surface area contributed by atoms with Gasteiger partial charge in [-0.3, -0.25) is 0 Å². The molecule has 10 heteroatoms. The monoisotopic (exact) mass is 276 g/mol. The Morgan fingerprint density at radius 2 is 1.06 bits per heavy atom. The van der Waals surface area contributed by atoms with Crippen LogP contribution in [0, 0.1) is 0 Å². The molecule has 0 saturated carbocycles. The molecule has 0 saturated heterocycles. The van der Waals surface area contributed by atoms with Crippen LogP contribution in [-0.4, -0.2) is 44.7 Å². The highest BCUT2D eigenvalue weighted by molar-refractivity contribution is 4.93. The number of alkyl halides is 8. The van der Waals surface area contributed by atoms with Gasteiger partial charge in [-0.25, -0.2) is 0 Å². The van der Waals surface area contributed by atoms with Crippen molar-refractivity contribution >= 4 is 0 Å². The molecule has 0 fully saturated rings. The second kappa shape index (κ2) is 4.92. The van der Waals surface area contributed by atoms with Gasteiger partial charge < -0.3 is 9.47 Å². The zero-order valence-electron chi connectivity index (χ0n) is 8.49. The molecule has 0 amide bonds. The van der Waals surface area contributed by atoms with Crippen LogP contribution in [0.2, 0.25) is 0 Å². The number of halogens is 8. The number of methoxy groups -OCH3 is 2. The van der Waals surface area contributed by atoms with Crippen molar-refractivity contribution in [3.8, 4) is 0 Å². The van der Waals surface area contributed by atoms with Crippen LogP contribution in [0.1, 0.15) is 0 Å². The predicted octanol–water partition coefficient (Wildman–Crippen LogP) is 2.78. The van der Waals surface area contributed by atoms with Crippen molar-refractivity contribution in [2.45, 2.75) is 30.5 Å². The summed E-state index contributed by atoms with van der Waals surface area (Å²) in [6.07, 6.45) is -18.5. The van der Waals surface area contributed by atoms with E-state index in [-0.39, 0.29) is 0 Å². The molecule has 0 bridgehead atoms. The lowest BCUT2D eigenvalue weighted by atomic mass is 10.1. The quantitative estimate of drug-likeness (QED) is 0.735. The molecule has 0 radical (unpaired) electrons. The Hall–Kier alpha value is -0.640. The fourth-order valence-electron chi connectivity index (χ4n) is 1.05. The van der Waals surface area contributed by atoms with Crippen molar-refractivity contribution in [3.05, 3.63) is 0 Å². The summed E-state index contributed by atoms with van der Waals surface area (Å²) in [5, 5.41) is 0. The maximum Gasteiger partial charge on any atom is 0.456 e. The van der Waals surface area contributed by atoms with Gasteiger partial charge in [0.25, 0.3) is 0 Å². The minimum absolute atomic E-state index is 0.308. The average molecular weight is 276 g/mol. The van der Waals surface area contributed by atoms with Gasteiger partial charge in [-0.15, -0.1) is 0 Å². The molecule has 2 atom stereocenters. The standard InChI is InChI=1S/C7H8F8O2/c1-16-3(4(17-2)6(10,11)12)5(8,9)7(13,14)15/h3-4H,1-2H3. The van der Waals surface area contributed by atoms with Crippen LogP contribution in [0.4, 0.5) is 35.1 Å². The molecule has 0 N–H and O–H groups in total. The van der Waals surface area contributed by atoms with Gasteiger partial charge in [-0.05, 0) is 0 Å². The van der Waals surface area contributed by atoms with Gasteiger partial charge in [0.15, 0.2) is 12.2 Å². The first-order valence-electron chi connectivity index (χ1n) is 3.96. The van der Waals surface area contributed by atoms with Crippen LogP contribution in [0.15, 0.2) is 0 Å². The van der Waals surface area contributed by atoms with Crippen molar-refractivity contribution in [2.24, 2.45) is 0 Å². The van der Waals surface area contributed by atoms with Gasteiger partial charge in [0.1, 0.15) is 0 Å². The van der Waals surface area contributed by atoms with Crippen LogP contribution in [-0.2, 0) is 9.47 Å². The normalized spacial score (nSPS) is 18.0. The molecule has 104 valence electrons. The Morgan fingerprint density at radius 3 is 1.24 bits per heavy atom. The molecule has 0 aliphatic heterocycles. The topological polar surface area (TPSA) is 18.5 Å².